The first-order chi connectivity index (χ1) is 11.5. The van der Waals surface area contributed by atoms with Crippen LogP contribution in [0.3, 0.4) is 0 Å². The van der Waals surface area contributed by atoms with Gasteiger partial charge in [0.15, 0.2) is 5.17 Å². The number of rotatable bonds is 5. The molecule has 0 bridgehead atoms. The van der Waals surface area contributed by atoms with Gasteiger partial charge in [-0.3, -0.25) is 14.7 Å². The van der Waals surface area contributed by atoms with Crippen LogP contribution in [0.2, 0.25) is 0 Å². The lowest BCUT2D eigenvalue weighted by Crippen LogP contribution is -2.28. The van der Waals surface area contributed by atoms with E-state index in [4.69, 9.17) is 11.2 Å². The summed E-state index contributed by atoms with van der Waals surface area (Å²) < 4.78 is 7.03. The highest BCUT2D eigenvalue weighted by Crippen LogP contribution is 2.37. The van der Waals surface area contributed by atoms with Gasteiger partial charge >= 0.3 is 0 Å². The Hall–Kier alpha value is -1.23. The maximum absolute atomic E-state index is 12.5. The Labute approximate surface area is 163 Å². The predicted octanol–water partition coefficient (Wildman–Crippen LogP) is 4.54. The number of halogens is 2. The maximum atomic E-state index is 12.5. The number of nitrogens with zero attached hydrogens (tertiary/aromatic N) is 2. The maximum Gasteiger partial charge on any atom is 0.266 e. The topological polar surface area (TPSA) is 41.9 Å². The fourth-order valence-corrected chi connectivity index (χ4v) is 4.66. The highest BCUT2D eigenvalue weighted by Gasteiger charge is 2.31. The normalized spacial score (nSPS) is 17.6. The van der Waals surface area contributed by atoms with Gasteiger partial charge in [-0.2, -0.15) is 0 Å². The van der Waals surface area contributed by atoms with Crippen molar-refractivity contribution in [2.24, 2.45) is 4.99 Å². The van der Waals surface area contributed by atoms with E-state index < -0.39 is 0 Å². The monoisotopic (exact) mass is 470 g/mol. The second kappa shape index (κ2) is 8.75. The number of carbonyl (C=O) groups is 1. The van der Waals surface area contributed by atoms with Crippen LogP contribution in [0, 0.1) is 12.3 Å². The number of benzene rings is 1. The van der Waals surface area contributed by atoms with Crippen LogP contribution in [0.15, 0.2) is 31.0 Å². The number of hydrogen-bond donors (Lipinski definition) is 0. The number of thioether (sulfide) groups is 1. The van der Waals surface area contributed by atoms with E-state index in [0.717, 1.165) is 19.7 Å². The molecule has 4 nitrogen and oxygen atoms in total. The third kappa shape index (κ3) is 4.24. The summed E-state index contributed by atoms with van der Waals surface area (Å²) in [5.74, 6) is 3.06. The molecule has 1 aliphatic rings. The average Bonchev–Trinajstić information content (AvgIpc) is 2.82. The highest BCUT2D eigenvalue weighted by atomic mass is 79.9. The lowest BCUT2D eigenvalue weighted by Gasteiger charge is -2.11. The zero-order chi connectivity index (χ0) is 17.7. The Morgan fingerprint density at radius 2 is 2.04 bits per heavy atom. The number of amides is 1. The van der Waals surface area contributed by atoms with E-state index in [1.54, 1.807) is 4.90 Å². The molecule has 126 valence electrons. The van der Waals surface area contributed by atoms with Crippen molar-refractivity contribution in [1.29, 1.82) is 0 Å². The number of aliphatic imine (C=N–C) groups is 1. The largest absolute Gasteiger partial charge is 0.479 e. The summed E-state index contributed by atoms with van der Waals surface area (Å²) in [6, 6.07) is 3.78. The van der Waals surface area contributed by atoms with Gasteiger partial charge in [-0.1, -0.05) is 5.92 Å². The minimum absolute atomic E-state index is 0.0189. The molecule has 0 unspecified atom stereocenters. The molecule has 7 heteroatoms. The molecule has 1 saturated heterocycles. The number of hydrogen-bond acceptors (Lipinski definition) is 4. The highest BCUT2D eigenvalue weighted by molar-refractivity contribution is 9.11. The summed E-state index contributed by atoms with van der Waals surface area (Å²) >= 11 is 8.35. The average molecular weight is 472 g/mol. The standard InChI is InChI=1S/C17H16Br2N2O2S/c1-4-7-23-15-12(18)8-11(9-13(15)19)10-14-16(22)21(6-3)17(24-14)20-5-2/h1,8-10H,5-7H2,2-3H3/b14-10+,20-17?. The van der Waals surface area contributed by atoms with E-state index in [-0.39, 0.29) is 12.5 Å². The third-order valence-electron chi connectivity index (χ3n) is 3.12. The van der Waals surface area contributed by atoms with Crippen molar-refractivity contribution in [3.63, 3.8) is 0 Å². The number of carbonyl (C=O) groups excluding carboxylic acids is 1. The van der Waals surface area contributed by atoms with Crippen LogP contribution in [0.1, 0.15) is 19.4 Å². The Bertz CT molecular complexity index is 730. The molecule has 1 amide bonds. The number of ether oxygens (including phenoxy) is 1. The third-order valence-corrected chi connectivity index (χ3v) is 5.34. The minimum Gasteiger partial charge on any atom is -0.479 e. The van der Waals surface area contributed by atoms with Gasteiger partial charge in [0, 0.05) is 13.1 Å². The Kier molecular flexibility index (Phi) is 6.96. The van der Waals surface area contributed by atoms with Gasteiger partial charge in [-0.05, 0) is 81.2 Å². The van der Waals surface area contributed by atoms with Crippen molar-refractivity contribution < 1.29 is 9.53 Å². The second-order valence-corrected chi connectivity index (χ2v) is 7.44. The summed E-state index contributed by atoms with van der Waals surface area (Å²) in [5.41, 5.74) is 0.881. The SMILES string of the molecule is C#CCOc1c(Br)cc(/C=C2/SC(=NCC)N(CC)C2=O)cc1Br. The fourth-order valence-electron chi connectivity index (χ4n) is 2.11. The molecule has 0 aliphatic carbocycles. The van der Waals surface area contributed by atoms with Crippen molar-refractivity contribution in [2.75, 3.05) is 19.7 Å². The zero-order valence-corrected chi connectivity index (χ0v) is 17.3. The number of terminal acetylenes is 1. The summed E-state index contributed by atoms with van der Waals surface area (Å²) in [6.07, 6.45) is 7.08. The second-order valence-electron chi connectivity index (χ2n) is 4.72. The first kappa shape index (κ1) is 19.1. The van der Waals surface area contributed by atoms with E-state index >= 15 is 0 Å². The van der Waals surface area contributed by atoms with Crippen molar-refractivity contribution in [1.82, 2.24) is 4.90 Å². The van der Waals surface area contributed by atoms with Gasteiger partial charge in [0.25, 0.3) is 5.91 Å². The van der Waals surface area contributed by atoms with Crippen molar-refractivity contribution in [3.8, 4) is 18.1 Å². The molecular weight excluding hydrogens is 456 g/mol. The van der Waals surface area contributed by atoms with Gasteiger partial charge in [0.05, 0.1) is 13.9 Å². The fraction of sp³-hybridized carbons (Fsp3) is 0.294. The Morgan fingerprint density at radius 1 is 1.38 bits per heavy atom. The van der Waals surface area contributed by atoms with E-state index in [9.17, 15) is 4.79 Å². The molecule has 1 aromatic carbocycles. The molecule has 0 spiro atoms. The van der Waals surface area contributed by atoms with Gasteiger partial charge < -0.3 is 4.74 Å². The first-order valence-electron chi connectivity index (χ1n) is 7.32. The molecule has 24 heavy (non-hydrogen) atoms. The number of likely N-dealkylation sites (N-methyl/N-ethyl adjacent to an activating group) is 1. The molecule has 2 rings (SSSR count). The summed E-state index contributed by atoms with van der Waals surface area (Å²) in [5, 5.41) is 0.753. The van der Waals surface area contributed by atoms with Crippen LogP contribution in [0.5, 0.6) is 5.75 Å². The van der Waals surface area contributed by atoms with E-state index in [0.29, 0.717) is 23.7 Å². The molecular formula is C17H16Br2N2O2S. The summed E-state index contributed by atoms with van der Waals surface area (Å²) in [4.78, 5) is 19.2. The van der Waals surface area contributed by atoms with E-state index in [2.05, 4.69) is 42.8 Å². The molecule has 0 aromatic heterocycles. The summed E-state index contributed by atoms with van der Waals surface area (Å²) in [7, 11) is 0. The predicted molar refractivity (Wildman–Crippen MR) is 107 cm³/mol. The van der Waals surface area contributed by atoms with Gasteiger partial charge in [-0.25, -0.2) is 0 Å². The van der Waals surface area contributed by atoms with Crippen molar-refractivity contribution in [2.45, 2.75) is 13.8 Å². The van der Waals surface area contributed by atoms with Crippen molar-refractivity contribution in [3.05, 3.63) is 31.5 Å². The lowest BCUT2D eigenvalue weighted by molar-refractivity contribution is -0.122. The van der Waals surface area contributed by atoms with Gasteiger partial charge in [0.2, 0.25) is 0 Å². The van der Waals surface area contributed by atoms with Crippen LogP contribution in [0.4, 0.5) is 0 Å². The van der Waals surface area contributed by atoms with Gasteiger partial charge in [0.1, 0.15) is 12.4 Å². The van der Waals surface area contributed by atoms with Gasteiger partial charge in [-0.15, -0.1) is 6.42 Å². The number of amidine groups is 1. The quantitative estimate of drug-likeness (QED) is 0.467. The Balaban J connectivity index is 2.33. The molecule has 1 aromatic rings. The molecule has 0 atom stereocenters. The van der Waals surface area contributed by atoms with Crippen LogP contribution < -0.4 is 4.74 Å². The Morgan fingerprint density at radius 3 is 2.58 bits per heavy atom. The molecule has 1 fully saturated rings. The van der Waals surface area contributed by atoms with E-state index in [1.807, 2.05) is 32.1 Å². The van der Waals surface area contributed by atoms with E-state index in [1.165, 1.54) is 11.8 Å². The molecule has 1 heterocycles. The van der Waals surface area contributed by atoms with Crippen LogP contribution in [-0.4, -0.2) is 35.7 Å². The molecule has 0 radical (unpaired) electrons. The van der Waals surface area contributed by atoms with Crippen LogP contribution >= 0.6 is 43.6 Å². The molecule has 0 N–H and O–H groups in total. The summed E-state index contributed by atoms with van der Waals surface area (Å²) in [6.45, 7) is 5.34. The molecule has 1 aliphatic heterocycles. The molecule has 0 saturated carbocycles. The lowest BCUT2D eigenvalue weighted by atomic mass is 10.2. The van der Waals surface area contributed by atoms with Crippen molar-refractivity contribution >= 4 is 60.8 Å². The zero-order valence-electron chi connectivity index (χ0n) is 13.3. The smallest absolute Gasteiger partial charge is 0.266 e. The minimum atomic E-state index is -0.0189. The first-order valence-corrected chi connectivity index (χ1v) is 9.73. The van der Waals surface area contributed by atoms with Crippen LogP contribution in [0.25, 0.3) is 6.08 Å². The van der Waals surface area contributed by atoms with Crippen LogP contribution in [-0.2, 0) is 4.79 Å².